The average molecular weight is 191 g/mol. The molecule has 0 aromatic heterocycles. The second kappa shape index (κ2) is 3.79. The van der Waals surface area contributed by atoms with Crippen LogP contribution in [-0.2, 0) is 0 Å². The summed E-state index contributed by atoms with van der Waals surface area (Å²) in [6.45, 7) is 1.30. The number of aromatic hydroxyl groups is 1. The minimum atomic E-state index is -0.337. The van der Waals surface area contributed by atoms with E-state index in [1.807, 2.05) is 6.07 Å². The number of benzene rings is 1. The molecule has 0 atom stereocenters. The standard InChI is InChI=1S/C10H9NO3/c1-6(12)9-8(13)4-3-7(5-11)10(9)14-2/h3-4,13H,1-2H3. The van der Waals surface area contributed by atoms with Gasteiger partial charge in [0.05, 0.1) is 12.7 Å². The molecule has 0 aliphatic rings. The maximum atomic E-state index is 11.2. The topological polar surface area (TPSA) is 70.3 Å². The predicted octanol–water partition coefficient (Wildman–Crippen LogP) is 1.48. The van der Waals surface area contributed by atoms with E-state index in [0.29, 0.717) is 0 Å². The number of rotatable bonds is 2. The lowest BCUT2D eigenvalue weighted by atomic mass is 10.1. The second-order valence-corrected chi connectivity index (χ2v) is 2.71. The van der Waals surface area contributed by atoms with Gasteiger partial charge in [-0.05, 0) is 19.1 Å². The molecule has 0 spiro atoms. The fourth-order valence-corrected chi connectivity index (χ4v) is 1.21. The predicted molar refractivity (Wildman–Crippen MR) is 49.4 cm³/mol. The summed E-state index contributed by atoms with van der Waals surface area (Å²) >= 11 is 0. The Bertz CT molecular complexity index is 418. The van der Waals surface area contributed by atoms with Gasteiger partial charge in [0.2, 0.25) is 0 Å². The van der Waals surface area contributed by atoms with Crippen LogP contribution in [0.1, 0.15) is 22.8 Å². The summed E-state index contributed by atoms with van der Waals surface area (Å²) < 4.78 is 4.91. The van der Waals surface area contributed by atoms with E-state index in [1.165, 1.54) is 26.2 Å². The van der Waals surface area contributed by atoms with Gasteiger partial charge in [-0.3, -0.25) is 4.79 Å². The van der Waals surface area contributed by atoms with Gasteiger partial charge in [-0.1, -0.05) is 0 Å². The van der Waals surface area contributed by atoms with Gasteiger partial charge in [0.15, 0.2) is 11.5 Å². The minimum Gasteiger partial charge on any atom is -0.507 e. The molecule has 0 bridgehead atoms. The molecule has 1 aromatic rings. The third-order valence-corrected chi connectivity index (χ3v) is 1.81. The van der Waals surface area contributed by atoms with Crippen LogP contribution in [0, 0.1) is 11.3 Å². The first-order chi connectivity index (χ1) is 6.61. The lowest BCUT2D eigenvalue weighted by molar-refractivity contribution is 0.101. The Kier molecular flexibility index (Phi) is 2.73. The van der Waals surface area contributed by atoms with Crippen LogP contribution in [0.5, 0.6) is 11.5 Å². The number of Topliss-reactive ketones (excluding diaryl/α,β-unsaturated/α-hetero) is 1. The van der Waals surface area contributed by atoms with Crippen LogP contribution < -0.4 is 4.74 Å². The van der Waals surface area contributed by atoms with E-state index in [1.54, 1.807) is 0 Å². The number of phenols is 1. The molecule has 0 saturated heterocycles. The van der Waals surface area contributed by atoms with Crippen LogP contribution in [0.25, 0.3) is 0 Å². The monoisotopic (exact) mass is 191 g/mol. The largest absolute Gasteiger partial charge is 0.507 e. The van der Waals surface area contributed by atoms with Crippen LogP contribution in [0.4, 0.5) is 0 Å². The van der Waals surface area contributed by atoms with Crippen molar-refractivity contribution >= 4 is 5.78 Å². The van der Waals surface area contributed by atoms with Crippen LogP contribution in [0.15, 0.2) is 12.1 Å². The van der Waals surface area contributed by atoms with Gasteiger partial charge in [0.25, 0.3) is 0 Å². The second-order valence-electron chi connectivity index (χ2n) is 2.71. The molecule has 0 radical (unpaired) electrons. The van der Waals surface area contributed by atoms with Crippen molar-refractivity contribution in [3.8, 4) is 17.6 Å². The average Bonchev–Trinajstić information content (AvgIpc) is 2.16. The number of methoxy groups -OCH3 is 1. The van der Waals surface area contributed by atoms with Gasteiger partial charge in [0.1, 0.15) is 17.4 Å². The third kappa shape index (κ3) is 1.52. The number of phenolic OH excluding ortho intramolecular Hbond substituents is 1. The van der Waals surface area contributed by atoms with Crippen molar-refractivity contribution in [2.45, 2.75) is 6.92 Å². The molecule has 0 aliphatic carbocycles. The summed E-state index contributed by atoms with van der Waals surface area (Å²) in [6, 6.07) is 4.59. The number of hydrogen-bond acceptors (Lipinski definition) is 4. The van der Waals surface area contributed by atoms with Crippen molar-refractivity contribution in [1.82, 2.24) is 0 Å². The number of ketones is 1. The first-order valence-electron chi connectivity index (χ1n) is 3.92. The van der Waals surface area contributed by atoms with Gasteiger partial charge < -0.3 is 9.84 Å². The molecule has 0 amide bonds. The van der Waals surface area contributed by atoms with Gasteiger partial charge in [-0.25, -0.2) is 0 Å². The molecular formula is C10H9NO3. The number of nitriles is 1. The van der Waals surface area contributed by atoms with Gasteiger partial charge in [-0.2, -0.15) is 5.26 Å². The highest BCUT2D eigenvalue weighted by molar-refractivity contribution is 6.00. The van der Waals surface area contributed by atoms with Gasteiger partial charge in [-0.15, -0.1) is 0 Å². The van der Waals surface area contributed by atoms with E-state index >= 15 is 0 Å². The number of nitrogens with zero attached hydrogens (tertiary/aromatic N) is 1. The summed E-state index contributed by atoms with van der Waals surface area (Å²) in [5.74, 6) is -0.384. The number of hydrogen-bond donors (Lipinski definition) is 1. The quantitative estimate of drug-likeness (QED) is 0.718. The Hall–Kier alpha value is -2.02. The highest BCUT2D eigenvalue weighted by Crippen LogP contribution is 2.31. The molecule has 0 unspecified atom stereocenters. The van der Waals surface area contributed by atoms with E-state index in [2.05, 4.69) is 0 Å². The minimum absolute atomic E-state index is 0.0477. The molecule has 4 nitrogen and oxygen atoms in total. The van der Waals surface area contributed by atoms with Crippen molar-refractivity contribution in [3.63, 3.8) is 0 Å². The normalized spacial score (nSPS) is 9.21. The highest BCUT2D eigenvalue weighted by atomic mass is 16.5. The maximum absolute atomic E-state index is 11.2. The number of carbonyl (C=O) groups is 1. The number of ether oxygens (including phenoxy) is 1. The van der Waals surface area contributed by atoms with Crippen LogP contribution in [0.3, 0.4) is 0 Å². The Morgan fingerprint density at radius 2 is 2.21 bits per heavy atom. The fourth-order valence-electron chi connectivity index (χ4n) is 1.21. The van der Waals surface area contributed by atoms with Crippen molar-refractivity contribution in [2.24, 2.45) is 0 Å². The molecular weight excluding hydrogens is 182 g/mol. The van der Waals surface area contributed by atoms with Crippen molar-refractivity contribution in [1.29, 1.82) is 5.26 Å². The summed E-state index contributed by atoms with van der Waals surface area (Å²) in [5.41, 5.74) is 0.280. The third-order valence-electron chi connectivity index (χ3n) is 1.81. The summed E-state index contributed by atoms with van der Waals surface area (Å²) in [6.07, 6.45) is 0. The Morgan fingerprint density at radius 3 is 2.64 bits per heavy atom. The van der Waals surface area contributed by atoms with Crippen LogP contribution >= 0.6 is 0 Å². The Labute approximate surface area is 81.4 Å². The maximum Gasteiger partial charge on any atom is 0.167 e. The molecule has 0 aliphatic heterocycles. The summed E-state index contributed by atoms with van der Waals surface area (Å²) in [7, 11) is 1.35. The summed E-state index contributed by atoms with van der Waals surface area (Å²) in [5, 5.41) is 18.1. The molecule has 4 heteroatoms. The molecule has 1 rings (SSSR count). The van der Waals surface area contributed by atoms with E-state index in [0.717, 1.165) is 0 Å². The van der Waals surface area contributed by atoms with E-state index in [-0.39, 0.29) is 28.4 Å². The lowest BCUT2D eigenvalue weighted by Gasteiger charge is -2.08. The molecule has 0 saturated carbocycles. The SMILES string of the molecule is COc1c(C#N)ccc(O)c1C(C)=O. The smallest absolute Gasteiger partial charge is 0.167 e. The highest BCUT2D eigenvalue weighted by Gasteiger charge is 2.17. The van der Waals surface area contributed by atoms with Gasteiger partial charge in [0, 0.05) is 0 Å². The molecule has 0 heterocycles. The zero-order chi connectivity index (χ0) is 10.7. The Morgan fingerprint density at radius 1 is 1.57 bits per heavy atom. The Balaban J connectivity index is 3.53. The van der Waals surface area contributed by atoms with E-state index in [4.69, 9.17) is 10.00 Å². The van der Waals surface area contributed by atoms with Crippen molar-refractivity contribution in [3.05, 3.63) is 23.3 Å². The van der Waals surface area contributed by atoms with Crippen molar-refractivity contribution < 1.29 is 14.6 Å². The van der Waals surface area contributed by atoms with Crippen molar-refractivity contribution in [2.75, 3.05) is 7.11 Å². The zero-order valence-corrected chi connectivity index (χ0v) is 7.87. The van der Waals surface area contributed by atoms with E-state index in [9.17, 15) is 9.90 Å². The molecule has 1 aromatic carbocycles. The zero-order valence-electron chi connectivity index (χ0n) is 7.87. The fraction of sp³-hybridized carbons (Fsp3) is 0.200. The number of carbonyl (C=O) groups excluding carboxylic acids is 1. The first kappa shape index (κ1) is 10.1. The van der Waals surface area contributed by atoms with Crippen LogP contribution in [-0.4, -0.2) is 18.0 Å². The lowest BCUT2D eigenvalue weighted by Crippen LogP contribution is -2.00. The first-order valence-corrected chi connectivity index (χ1v) is 3.92. The van der Waals surface area contributed by atoms with Gasteiger partial charge >= 0.3 is 0 Å². The van der Waals surface area contributed by atoms with E-state index < -0.39 is 0 Å². The molecule has 14 heavy (non-hydrogen) atoms. The molecule has 72 valence electrons. The van der Waals surface area contributed by atoms with Crippen LogP contribution in [0.2, 0.25) is 0 Å². The molecule has 1 N–H and O–H groups in total. The summed E-state index contributed by atoms with van der Waals surface area (Å²) in [4.78, 5) is 11.2. The molecule has 0 fully saturated rings.